The lowest BCUT2D eigenvalue weighted by Gasteiger charge is -2.44. The van der Waals surface area contributed by atoms with Gasteiger partial charge in [-0.05, 0) is 38.5 Å². The molecule has 2 aromatic rings. The molecule has 0 aromatic heterocycles. The maximum Gasteiger partial charge on any atom is 0.273 e. The Bertz CT molecular complexity index is 1040. The number of carbonyl (C=O) groups excluding carboxylic acids is 1. The van der Waals surface area contributed by atoms with Crippen molar-refractivity contribution in [1.29, 1.82) is 0 Å². The van der Waals surface area contributed by atoms with Gasteiger partial charge in [-0.15, -0.1) is 0 Å². The molecule has 170 valence electrons. The van der Waals surface area contributed by atoms with Crippen molar-refractivity contribution in [2.45, 2.75) is 33.0 Å². The standard InChI is InChI=1S/C24H29FN4O3/c1-16-8-6-11-20(22(28-31-5)23(30)26-4)21(16)13-32-27-17(2)18-9-7-10-19(12-18)29-14-24(3,25)15-29/h6-12H,13-15H2,1-5H3,(H,26,30)/b27-17+,28-22+. The fourth-order valence-corrected chi connectivity index (χ4v) is 3.64. The summed E-state index contributed by atoms with van der Waals surface area (Å²) in [6, 6.07) is 13.4. The van der Waals surface area contributed by atoms with Crippen LogP contribution in [0.15, 0.2) is 52.8 Å². The summed E-state index contributed by atoms with van der Waals surface area (Å²) in [6.45, 7) is 6.33. The third-order valence-electron chi connectivity index (χ3n) is 5.37. The van der Waals surface area contributed by atoms with Gasteiger partial charge in [0.1, 0.15) is 19.4 Å². The van der Waals surface area contributed by atoms with E-state index in [0.29, 0.717) is 24.4 Å². The molecule has 1 saturated heterocycles. The summed E-state index contributed by atoms with van der Waals surface area (Å²) in [7, 11) is 2.93. The molecule has 2 aromatic carbocycles. The van der Waals surface area contributed by atoms with Crippen LogP contribution >= 0.6 is 0 Å². The second-order valence-electron chi connectivity index (χ2n) is 8.07. The van der Waals surface area contributed by atoms with Crippen LogP contribution in [-0.4, -0.2) is 50.2 Å². The molecular weight excluding hydrogens is 411 g/mol. The highest BCUT2D eigenvalue weighted by atomic mass is 19.1. The minimum atomic E-state index is -1.13. The van der Waals surface area contributed by atoms with E-state index in [-0.39, 0.29) is 18.2 Å². The molecule has 1 fully saturated rings. The van der Waals surface area contributed by atoms with E-state index in [2.05, 4.69) is 15.6 Å². The molecule has 0 spiro atoms. The molecule has 1 amide bonds. The molecule has 0 unspecified atom stereocenters. The topological polar surface area (TPSA) is 75.5 Å². The Morgan fingerprint density at radius 1 is 1.22 bits per heavy atom. The van der Waals surface area contributed by atoms with Crippen LogP contribution < -0.4 is 10.2 Å². The molecule has 0 atom stereocenters. The van der Waals surface area contributed by atoms with Gasteiger partial charge in [-0.3, -0.25) is 4.79 Å². The molecule has 32 heavy (non-hydrogen) atoms. The summed E-state index contributed by atoms with van der Waals surface area (Å²) >= 11 is 0. The van der Waals surface area contributed by atoms with Gasteiger partial charge >= 0.3 is 0 Å². The zero-order valence-corrected chi connectivity index (χ0v) is 19.1. The van der Waals surface area contributed by atoms with Gasteiger partial charge in [-0.1, -0.05) is 40.6 Å². The SMILES string of the molecule is CNC(=O)/C(=N/OC)c1cccc(C)c1CO/N=C(\C)c1cccc(N2CC(C)(F)C2)c1. The van der Waals surface area contributed by atoms with E-state index >= 15 is 0 Å². The zero-order chi connectivity index (χ0) is 23.3. The zero-order valence-electron chi connectivity index (χ0n) is 19.1. The Hall–Kier alpha value is -3.42. The van der Waals surface area contributed by atoms with Gasteiger partial charge in [0.25, 0.3) is 5.91 Å². The molecule has 1 N–H and O–H groups in total. The largest absolute Gasteiger partial charge is 0.398 e. The molecule has 1 aliphatic heterocycles. The second-order valence-corrected chi connectivity index (χ2v) is 8.07. The van der Waals surface area contributed by atoms with Crippen LogP contribution in [0.2, 0.25) is 0 Å². The summed E-state index contributed by atoms with van der Waals surface area (Å²) < 4.78 is 13.8. The maximum atomic E-state index is 13.8. The number of alkyl halides is 1. The summed E-state index contributed by atoms with van der Waals surface area (Å²) in [5.41, 5.74) is 3.94. The van der Waals surface area contributed by atoms with E-state index in [4.69, 9.17) is 9.68 Å². The monoisotopic (exact) mass is 440 g/mol. The molecule has 0 saturated carbocycles. The molecule has 7 nitrogen and oxygen atoms in total. The van der Waals surface area contributed by atoms with Crippen molar-refractivity contribution in [2.24, 2.45) is 10.3 Å². The lowest BCUT2D eigenvalue weighted by atomic mass is 9.97. The number of nitrogens with zero attached hydrogens (tertiary/aromatic N) is 3. The molecule has 0 radical (unpaired) electrons. The number of amides is 1. The first-order valence-corrected chi connectivity index (χ1v) is 10.4. The summed E-state index contributed by atoms with van der Waals surface area (Å²) in [5.74, 6) is -0.356. The number of aryl methyl sites for hydroxylation is 1. The van der Waals surface area contributed by atoms with Crippen LogP contribution in [0.25, 0.3) is 0 Å². The van der Waals surface area contributed by atoms with Crippen LogP contribution in [0.5, 0.6) is 0 Å². The highest BCUT2D eigenvalue weighted by Gasteiger charge is 2.38. The van der Waals surface area contributed by atoms with Gasteiger partial charge in [-0.2, -0.15) is 0 Å². The van der Waals surface area contributed by atoms with Crippen molar-refractivity contribution in [3.63, 3.8) is 0 Å². The van der Waals surface area contributed by atoms with E-state index < -0.39 is 5.67 Å². The van der Waals surface area contributed by atoms with Crippen LogP contribution in [0.4, 0.5) is 10.1 Å². The number of nitrogens with one attached hydrogen (secondary N) is 1. The van der Waals surface area contributed by atoms with Crippen LogP contribution in [0.3, 0.4) is 0 Å². The molecule has 8 heteroatoms. The first-order valence-electron chi connectivity index (χ1n) is 10.4. The molecule has 0 bridgehead atoms. The Balaban J connectivity index is 1.76. The fourth-order valence-electron chi connectivity index (χ4n) is 3.64. The Kier molecular flexibility index (Phi) is 7.12. The predicted octanol–water partition coefficient (Wildman–Crippen LogP) is 3.58. The van der Waals surface area contributed by atoms with E-state index in [1.165, 1.54) is 14.2 Å². The number of halogens is 1. The summed E-state index contributed by atoms with van der Waals surface area (Å²) in [4.78, 5) is 24.8. The highest BCUT2D eigenvalue weighted by molar-refractivity contribution is 6.45. The van der Waals surface area contributed by atoms with Crippen LogP contribution in [-0.2, 0) is 21.1 Å². The number of likely N-dealkylation sites (N-methyl/N-ethyl adjacent to an activating group) is 1. The first-order chi connectivity index (χ1) is 15.3. The third-order valence-corrected chi connectivity index (χ3v) is 5.37. The van der Waals surface area contributed by atoms with Crippen molar-refractivity contribution in [1.82, 2.24) is 5.32 Å². The van der Waals surface area contributed by atoms with Crippen molar-refractivity contribution in [2.75, 3.05) is 32.1 Å². The van der Waals surface area contributed by atoms with Gasteiger partial charge in [-0.25, -0.2) is 4.39 Å². The quantitative estimate of drug-likeness (QED) is 0.503. The normalized spacial score (nSPS) is 15.8. The van der Waals surface area contributed by atoms with Gasteiger partial charge in [0.15, 0.2) is 5.71 Å². The number of rotatable bonds is 8. The molecule has 3 rings (SSSR count). The van der Waals surface area contributed by atoms with Gasteiger partial charge in [0.05, 0.1) is 18.8 Å². The minimum Gasteiger partial charge on any atom is -0.398 e. The van der Waals surface area contributed by atoms with Gasteiger partial charge in [0.2, 0.25) is 0 Å². The lowest BCUT2D eigenvalue weighted by molar-refractivity contribution is -0.114. The van der Waals surface area contributed by atoms with Crippen molar-refractivity contribution in [3.8, 4) is 0 Å². The Morgan fingerprint density at radius 2 is 1.94 bits per heavy atom. The van der Waals surface area contributed by atoms with Gasteiger partial charge < -0.3 is 19.9 Å². The average molecular weight is 441 g/mol. The van der Waals surface area contributed by atoms with Crippen LogP contribution in [0, 0.1) is 6.92 Å². The first kappa shape index (κ1) is 23.2. The lowest BCUT2D eigenvalue weighted by Crippen LogP contribution is -2.57. The summed E-state index contributed by atoms with van der Waals surface area (Å²) in [5, 5.41) is 10.7. The molecule has 0 aliphatic carbocycles. The number of carbonyl (C=O) groups is 1. The Morgan fingerprint density at radius 3 is 2.59 bits per heavy atom. The number of hydrogen-bond donors (Lipinski definition) is 1. The molecule has 1 aliphatic rings. The second kappa shape index (κ2) is 9.80. The fraction of sp³-hybridized carbons (Fsp3) is 0.375. The number of oxime groups is 2. The summed E-state index contributed by atoms with van der Waals surface area (Å²) in [6.07, 6.45) is 0. The Labute approximate surface area is 187 Å². The third kappa shape index (κ3) is 5.25. The van der Waals surface area contributed by atoms with Crippen molar-refractivity contribution >= 4 is 23.0 Å². The predicted molar refractivity (Wildman–Crippen MR) is 124 cm³/mol. The van der Waals surface area contributed by atoms with Gasteiger partial charge in [0, 0.05) is 29.4 Å². The smallest absolute Gasteiger partial charge is 0.273 e. The number of hydrogen-bond acceptors (Lipinski definition) is 6. The van der Waals surface area contributed by atoms with Crippen LogP contribution in [0.1, 0.15) is 36.1 Å². The molecule has 1 heterocycles. The number of benzene rings is 2. The average Bonchev–Trinajstić information content (AvgIpc) is 2.76. The van der Waals surface area contributed by atoms with Crippen molar-refractivity contribution in [3.05, 3.63) is 64.7 Å². The minimum absolute atomic E-state index is 0.158. The number of anilines is 1. The van der Waals surface area contributed by atoms with Crippen molar-refractivity contribution < 1.29 is 18.9 Å². The highest BCUT2D eigenvalue weighted by Crippen LogP contribution is 2.30. The molecular formula is C24H29FN4O3. The van der Waals surface area contributed by atoms with E-state index in [1.807, 2.05) is 55.1 Å². The van der Waals surface area contributed by atoms with E-state index in [0.717, 1.165) is 22.4 Å². The van der Waals surface area contributed by atoms with E-state index in [1.54, 1.807) is 13.0 Å². The van der Waals surface area contributed by atoms with E-state index in [9.17, 15) is 9.18 Å². The maximum absolute atomic E-state index is 13.8.